The van der Waals surface area contributed by atoms with Crippen LogP contribution in [0.5, 0.6) is 0 Å². The maximum absolute atomic E-state index is 12.4. The third-order valence-electron chi connectivity index (χ3n) is 4.75. The lowest BCUT2D eigenvalue weighted by Crippen LogP contribution is -2.45. The Morgan fingerprint density at radius 1 is 0.722 bits per heavy atom. The highest BCUT2D eigenvalue weighted by Gasteiger charge is 2.60. The number of hydrogen-bond donors (Lipinski definition) is 0. The predicted octanol–water partition coefficient (Wildman–Crippen LogP) is 5.33. The molecule has 1 fully saturated rings. The normalized spacial score (nSPS) is 20.2. The third-order valence-corrected chi connectivity index (χ3v) is 4.75. The summed E-state index contributed by atoms with van der Waals surface area (Å²) in [5, 5.41) is 0. The van der Waals surface area contributed by atoms with Crippen LogP contribution in [-0.4, -0.2) is 60.9 Å². The van der Waals surface area contributed by atoms with Gasteiger partial charge in [-0.15, -0.1) is 0 Å². The number of cyclic esters (lactones) is 1. The van der Waals surface area contributed by atoms with E-state index in [-0.39, 0.29) is 19.3 Å². The number of esters is 3. The molecule has 0 aromatic rings. The molecule has 1 aliphatic rings. The number of carbonyl (C=O) groups excluding carboxylic acids is 3. The van der Waals surface area contributed by atoms with Crippen molar-refractivity contribution in [3.63, 3.8) is 0 Å². The second kappa shape index (κ2) is 11.7. The fourth-order valence-corrected chi connectivity index (χ4v) is 3.08. The van der Waals surface area contributed by atoms with E-state index in [0.717, 1.165) is 0 Å². The lowest BCUT2D eigenvalue weighted by molar-refractivity contribution is -0.314. The Bertz CT molecular complexity index is 742. The largest absolute Gasteiger partial charge is 0.462 e. The Morgan fingerprint density at radius 3 is 1.50 bits per heavy atom. The summed E-state index contributed by atoms with van der Waals surface area (Å²) in [5.74, 6) is -6.03. The molecule has 1 rings (SSSR count). The molecule has 0 saturated carbocycles. The maximum atomic E-state index is 12.4. The monoisotopic (exact) mass is 558 g/mol. The van der Waals surface area contributed by atoms with E-state index in [1.807, 2.05) is 0 Å². The standard InChI is InChI=1S/C18H18F12O6/c19-15(20,21)13(16(22,23)24)35-10(31)6-4-8-2-1-3-9(34-12(8)33)5-7-11(32)36-14(17(25,26)27)18(28,29)30/h8-9,13-14H,1-7H2. The summed E-state index contributed by atoms with van der Waals surface area (Å²) in [6.07, 6.45) is -36.6. The number of rotatable bonds is 8. The van der Waals surface area contributed by atoms with E-state index in [1.54, 1.807) is 0 Å². The van der Waals surface area contributed by atoms with Crippen molar-refractivity contribution < 1.29 is 81.3 Å². The fourth-order valence-electron chi connectivity index (χ4n) is 3.08. The van der Waals surface area contributed by atoms with Crippen molar-refractivity contribution in [2.24, 2.45) is 5.92 Å². The Balaban J connectivity index is 2.60. The van der Waals surface area contributed by atoms with E-state index in [1.165, 1.54) is 0 Å². The first-order valence-electron chi connectivity index (χ1n) is 9.98. The first-order valence-corrected chi connectivity index (χ1v) is 9.98. The van der Waals surface area contributed by atoms with Crippen molar-refractivity contribution in [1.29, 1.82) is 0 Å². The van der Waals surface area contributed by atoms with Crippen LogP contribution in [0.2, 0.25) is 0 Å². The number of halogens is 12. The molecule has 0 N–H and O–H groups in total. The lowest BCUT2D eigenvalue weighted by atomic mass is 9.97. The molecular formula is C18H18F12O6. The highest BCUT2D eigenvalue weighted by Crippen LogP contribution is 2.37. The second-order valence-corrected chi connectivity index (χ2v) is 7.67. The minimum absolute atomic E-state index is 0.0217. The average Bonchev–Trinajstić information content (AvgIpc) is 2.84. The molecule has 2 atom stereocenters. The average molecular weight is 558 g/mol. The summed E-state index contributed by atoms with van der Waals surface area (Å²) in [6, 6.07) is 0. The zero-order valence-electron chi connectivity index (χ0n) is 17.7. The van der Waals surface area contributed by atoms with Crippen molar-refractivity contribution >= 4 is 17.9 Å². The lowest BCUT2D eigenvalue weighted by Gasteiger charge is -2.23. The quantitative estimate of drug-likeness (QED) is 0.228. The van der Waals surface area contributed by atoms with Crippen LogP contribution in [0.25, 0.3) is 0 Å². The van der Waals surface area contributed by atoms with Crippen LogP contribution in [-0.2, 0) is 28.6 Å². The summed E-state index contributed by atoms with van der Waals surface area (Å²) in [6.45, 7) is 0. The molecule has 0 bridgehead atoms. The molecule has 36 heavy (non-hydrogen) atoms. The topological polar surface area (TPSA) is 78.9 Å². The van der Waals surface area contributed by atoms with Gasteiger partial charge in [-0.2, -0.15) is 52.7 Å². The number of alkyl halides is 12. The van der Waals surface area contributed by atoms with Crippen molar-refractivity contribution in [3.05, 3.63) is 0 Å². The van der Waals surface area contributed by atoms with E-state index < -0.39 is 92.5 Å². The summed E-state index contributed by atoms with van der Waals surface area (Å²) >= 11 is 0. The van der Waals surface area contributed by atoms with Crippen molar-refractivity contribution in [2.75, 3.05) is 0 Å². The molecule has 0 aromatic carbocycles. The van der Waals surface area contributed by atoms with Gasteiger partial charge >= 0.3 is 42.6 Å². The van der Waals surface area contributed by atoms with Gasteiger partial charge in [-0.3, -0.25) is 14.4 Å². The molecule has 1 heterocycles. The Kier molecular flexibility index (Phi) is 10.3. The first kappa shape index (κ1) is 31.6. The molecule has 18 heteroatoms. The summed E-state index contributed by atoms with van der Waals surface area (Å²) in [7, 11) is 0. The summed E-state index contributed by atoms with van der Waals surface area (Å²) < 4.78 is 161. The summed E-state index contributed by atoms with van der Waals surface area (Å²) in [5.41, 5.74) is 0. The van der Waals surface area contributed by atoms with E-state index in [2.05, 4.69) is 9.47 Å². The van der Waals surface area contributed by atoms with Gasteiger partial charge in [0.15, 0.2) is 0 Å². The predicted molar refractivity (Wildman–Crippen MR) is 89.7 cm³/mol. The molecule has 0 aliphatic carbocycles. The zero-order chi connectivity index (χ0) is 28.1. The molecule has 210 valence electrons. The highest BCUT2D eigenvalue weighted by molar-refractivity contribution is 5.75. The highest BCUT2D eigenvalue weighted by atomic mass is 19.4. The number of hydrogen-bond acceptors (Lipinski definition) is 6. The summed E-state index contributed by atoms with van der Waals surface area (Å²) in [4.78, 5) is 35.0. The van der Waals surface area contributed by atoms with Gasteiger partial charge in [-0.1, -0.05) is 0 Å². The Morgan fingerprint density at radius 2 is 1.11 bits per heavy atom. The third kappa shape index (κ3) is 10.3. The molecule has 0 radical (unpaired) electrons. The van der Waals surface area contributed by atoms with Gasteiger partial charge in [0.1, 0.15) is 6.10 Å². The first-order chi connectivity index (χ1) is 16.1. The Hall–Kier alpha value is -2.43. The van der Waals surface area contributed by atoms with Gasteiger partial charge in [-0.25, -0.2) is 0 Å². The van der Waals surface area contributed by atoms with Crippen LogP contribution in [0.1, 0.15) is 44.9 Å². The van der Waals surface area contributed by atoms with Crippen LogP contribution in [0.3, 0.4) is 0 Å². The smallest absolute Gasteiger partial charge is 0.434 e. The number of ether oxygens (including phenoxy) is 3. The molecule has 0 aromatic heterocycles. The minimum atomic E-state index is -5.93. The molecule has 1 aliphatic heterocycles. The molecule has 0 spiro atoms. The van der Waals surface area contributed by atoms with Crippen LogP contribution in [0.4, 0.5) is 52.7 Å². The maximum Gasteiger partial charge on any atom is 0.434 e. The van der Waals surface area contributed by atoms with Crippen molar-refractivity contribution in [1.82, 2.24) is 0 Å². The molecule has 0 amide bonds. The van der Waals surface area contributed by atoms with Gasteiger partial charge in [-0.05, 0) is 32.1 Å². The van der Waals surface area contributed by atoms with Gasteiger partial charge in [0.05, 0.1) is 5.92 Å². The van der Waals surface area contributed by atoms with Crippen molar-refractivity contribution in [2.45, 2.75) is 88.0 Å². The van der Waals surface area contributed by atoms with Crippen molar-refractivity contribution in [3.8, 4) is 0 Å². The second-order valence-electron chi connectivity index (χ2n) is 7.67. The minimum Gasteiger partial charge on any atom is -0.462 e. The fraction of sp³-hybridized carbons (Fsp3) is 0.833. The van der Waals surface area contributed by atoms with Crippen LogP contribution in [0.15, 0.2) is 0 Å². The van der Waals surface area contributed by atoms with E-state index in [0.29, 0.717) is 0 Å². The van der Waals surface area contributed by atoms with Crippen LogP contribution < -0.4 is 0 Å². The molecule has 6 nitrogen and oxygen atoms in total. The van der Waals surface area contributed by atoms with Gasteiger partial charge in [0.2, 0.25) is 0 Å². The number of carbonyl (C=O) groups is 3. The van der Waals surface area contributed by atoms with Gasteiger partial charge in [0, 0.05) is 12.8 Å². The van der Waals surface area contributed by atoms with E-state index in [4.69, 9.17) is 4.74 Å². The van der Waals surface area contributed by atoms with Gasteiger partial charge < -0.3 is 14.2 Å². The SMILES string of the molecule is O=C(CCC1CCCC(CCC(=O)OC(C(F)(F)F)C(F)(F)F)C(=O)O1)OC(C(F)(F)F)C(F)(F)F. The van der Waals surface area contributed by atoms with E-state index >= 15 is 0 Å². The Labute approximate surface area is 194 Å². The van der Waals surface area contributed by atoms with Crippen LogP contribution >= 0.6 is 0 Å². The molecular weight excluding hydrogens is 540 g/mol. The zero-order valence-corrected chi connectivity index (χ0v) is 17.7. The van der Waals surface area contributed by atoms with E-state index in [9.17, 15) is 67.1 Å². The van der Waals surface area contributed by atoms with Gasteiger partial charge in [0.25, 0.3) is 12.2 Å². The van der Waals surface area contributed by atoms with Crippen LogP contribution in [0, 0.1) is 5.92 Å². The molecule has 2 unspecified atom stereocenters. The molecule has 1 saturated heterocycles.